The van der Waals surface area contributed by atoms with E-state index in [9.17, 15) is 9.90 Å². The van der Waals surface area contributed by atoms with Gasteiger partial charge in [-0.25, -0.2) is 9.97 Å². The minimum Gasteiger partial charge on any atom is -0.481 e. The zero-order valence-electron chi connectivity index (χ0n) is 14.3. The van der Waals surface area contributed by atoms with Crippen LogP contribution >= 0.6 is 9.39 Å². The average Bonchev–Trinajstić information content (AvgIpc) is 3.34. The molecule has 1 unspecified atom stereocenters. The number of carboxylic acids is 1. The van der Waals surface area contributed by atoms with Crippen LogP contribution in [-0.4, -0.2) is 35.2 Å². The van der Waals surface area contributed by atoms with Gasteiger partial charge in [0.2, 0.25) is 0 Å². The molecule has 1 N–H and O–H groups in total. The molecule has 2 atom stereocenters. The van der Waals surface area contributed by atoms with Crippen LogP contribution in [-0.2, 0) is 37.5 Å². The monoisotopic (exact) mass is 446 g/mol. The number of aliphatic carboxylic acids is 1. The smallest absolute Gasteiger partial charge is 0.305 e. The van der Waals surface area contributed by atoms with Crippen molar-refractivity contribution in [1.29, 1.82) is 0 Å². The molecule has 7 nitrogen and oxygen atoms in total. The fourth-order valence-corrected chi connectivity index (χ4v) is 4.13. The molecular formula is C17H20N5O2PY. The number of aromatic nitrogens is 5. The Morgan fingerprint density at radius 1 is 1.35 bits per heavy atom. The van der Waals surface area contributed by atoms with Crippen molar-refractivity contribution in [2.24, 2.45) is 5.92 Å². The summed E-state index contributed by atoms with van der Waals surface area (Å²) in [6.07, 6.45) is 11.7. The van der Waals surface area contributed by atoms with E-state index in [-0.39, 0.29) is 45.2 Å². The summed E-state index contributed by atoms with van der Waals surface area (Å²) in [5, 5.41) is 14.7. The number of hydrogen-bond acceptors (Lipinski definition) is 4. The molecule has 9 heteroatoms. The summed E-state index contributed by atoms with van der Waals surface area (Å²) in [4.78, 5) is 20.0. The summed E-state index contributed by atoms with van der Waals surface area (Å²) in [6, 6.07) is 1.87. The zero-order valence-corrected chi connectivity index (χ0v) is 18.3. The SMILES string of the molecule is O=C(O)C[C@H](C1CCCC1)n1cc(-c2ncnc3c2ccn3P)cn1.[Y]. The standard InChI is InChI=1S/C17H20N5O2P.Y/c23-15(24)7-14(11-3-1-2-4-11)21-9-12(8-20-21)16-13-5-6-22(25)17(13)19-10-18-16;/h5-6,8-11,14H,1-4,7,25H2,(H,23,24);/t14-;/m1./s1. The van der Waals surface area contributed by atoms with E-state index in [4.69, 9.17) is 0 Å². The predicted octanol–water partition coefficient (Wildman–Crippen LogP) is 3.14. The van der Waals surface area contributed by atoms with Crippen LogP contribution in [0.1, 0.15) is 38.1 Å². The summed E-state index contributed by atoms with van der Waals surface area (Å²) in [6.45, 7) is 0. The van der Waals surface area contributed by atoms with E-state index in [0.29, 0.717) is 5.92 Å². The van der Waals surface area contributed by atoms with Gasteiger partial charge in [0.05, 0.1) is 24.4 Å². The largest absolute Gasteiger partial charge is 0.481 e. The van der Waals surface area contributed by atoms with Crippen LogP contribution in [0.15, 0.2) is 31.0 Å². The molecule has 0 amide bonds. The van der Waals surface area contributed by atoms with Crippen molar-refractivity contribution in [3.8, 4) is 11.3 Å². The van der Waals surface area contributed by atoms with Gasteiger partial charge in [-0.3, -0.25) is 9.48 Å². The van der Waals surface area contributed by atoms with Gasteiger partial charge in [0.15, 0.2) is 0 Å². The molecule has 1 saturated carbocycles. The third-order valence-electron chi connectivity index (χ3n) is 5.05. The molecule has 4 rings (SSSR count). The Balaban J connectivity index is 0.00000196. The first-order valence-electron chi connectivity index (χ1n) is 8.47. The maximum absolute atomic E-state index is 11.3. The molecule has 1 radical (unpaired) electrons. The minimum atomic E-state index is -0.779. The second kappa shape index (κ2) is 8.24. The maximum Gasteiger partial charge on any atom is 0.305 e. The van der Waals surface area contributed by atoms with E-state index in [2.05, 4.69) is 24.5 Å². The minimum absolute atomic E-state index is 0. The summed E-state index contributed by atoms with van der Waals surface area (Å²) < 4.78 is 3.70. The van der Waals surface area contributed by atoms with Crippen molar-refractivity contribution in [3.05, 3.63) is 31.0 Å². The fraction of sp³-hybridized carbons (Fsp3) is 0.412. The molecule has 1 aliphatic rings. The summed E-state index contributed by atoms with van der Waals surface area (Å²) in [7, 11) is 2.60. The topological polar surface area (TPSA) is 85.8 Å². The van der Waals surface area contributed by atoms with Crippen LogP contribution in [0, 0.1) is 5.92 Å². The molecular weight excluding hydrogens is 426 g/mol. The number of nitrogens with zero attached hydrogens (tertiary/aromatic N) is 5. The molecule has 3 heterocycles. The normalized spacial score (nSPS) is 15.9. The van der Waals surface area contributed by atoms with Crippen LogP contribution < -0.4 is 0 Å². The summed E-state index contributed by atoms with van der Waals surface area (Å²) in [5.41, 5.74) is 2.54. The van der Waals surface area contributed by atoms with Crippen molar-refractivity contribution in [2.75, 3.05) is 0 Å². The first kappa shape index (κ1) is 19.6. The van der Waals surface area contributed by atoms with Gasteiger partial charge in [0.1, 0.15) is 12.0 Å². The van der Waals surface area contributed by atoms with Crippen LogP contribution in [0.2, 0.25) is 0 Å². The number of fused-ring (bicyclic) bond motifs is 1. The molecule has 0 aliphatic heterocycles. The Morgan fingerprint density at radius 2 is 2.12 bits per heavy atom. The van der Waals surface area contributed by atoms with Gasteiger partial charge in [-0.2, -0.15) is 5.10 Å². The second-order valence-corrected chi connectivity index (χ2v) is 7.16. The van der Waals surface area contributed by atoms with Crippen LogP contribution in [0.3, 0.4) is 0 Å². The summed E-state index contributed by atoms with van der Waals surface area (Å²) in [5.74, 6) is -0.402. The van der Waals surface area contributed by atoms with E-state index in [1.54, 1.807) is 12.5 Å². The molecule has 3 aromatic rings. The van der Waals surface area contributed by atoms with E-state index >= 15 is 0 Å². The Morgan fingerprint density at radius 3 is 2.85 bits per heavy atom. The van der Waals surface area contributed by atoms with Gasteiger partial charge in [0.25, 0.3) is 0 Å². The third kappa shape index (κ3) is 3.76. The van der Waals surface area contributed by atoms with Gasteiger partial charge < -0.3 is 9.44 Å². The van der Waals surface area contributed by atoms with Gasteiger partial charge in [0, 0.05) is 56.1 Å². The number of carboxylic acid groups (broad SMARTS) is 1. The van der Waals surface area contributed by atoms with Crippen molar-refractivity contribution in [1.82, 2.24) is 24.1 Å². The number of hydrogen-bond donors (Lipinski definition) is 1. The molecule has 133 valence electrons. The van der Waals surface area contributed by atoms with Crippen LogP contribution in [0.25, 0.3) is 22.3 Å². The van der Waals surface area contributed by atoms with E-state index in [1.165, 1.54) is 12.8 Å². The predicted molar refractivity (Wildman–Crippen MR) is 97.1 cm³/mol. The van der Waals surface area contributed by atoms with Gasteiger partial charge in [-0.05, 0) is 34.2 Å². The summed E-state index contributed by atoms with van der Waals surface area (Å²) >= 11 is 0. The van der Waals surface area contributed by atoms with Crippen molar-refractivity contribution >= 4 is 26.4 Å². The van der Waals surface area contributed by atoms with E-state index < -0.39 is 5.97 Å². The molecule has 26 heavy (non-hydrogen) atoms. The first-order valence-corrected chi connectivity index (χ1v) is 8.98. The van der Waals surface area contributed by atoms with E-state index in [0.717, 1.165) is 35.1 Å². The maximum atomic E-state index is 11.3. The van der Waals surface area contributed by atoms with Gasteiger partial charge in [-0.15, -0.1) is 0 Å². The Kier molecular flexibility index (Phi) is 6.21. The van der Waals surface area contributed by atoms with Crippen molar-refractivity contribution in [2.45, 2.75) is 38.1 Å². The Hall–Kier alpha value is -1.17. The number of carbonyl (C=O) groups is 1. The fourth-order valence-electron chi connectivity index (χ4n) is 3.84. The Bertz CT molecular complexity index is 919. The molecule has 0 bridgehead atoms. The average molecular weight is 446 g/mol. The molecule has 1 aliphatic carbocycles. The number of rotatable bonds is 5. The molecule has 0 saturated heterocycles. The Labute approximate surface area is 178 Å². The molecule has 3 aromatic heterocycles. The molecule has 1 fully saturated rings. The van der Waals surface area contributed by atoms with Crippen LogP contribution in [0.4, 0.5) is 0 Å². The van der Waals surface area contributed by atoms with E-state index in [1.807, 2.05) is 27.5 Å². The van der Waals surface area contributed by atoms with Crippen molar-refractivity contribution in [3.63, 3.8) is 0 Å². The second-order valence-electron chi connectivity index (χ2n) is 6.60. The zero-order chi connectivity index (χ0) is 17.4. The van der Waals surface area contributed by atoms with Gasteiger partial charge >= 0.3 is 5.97 Å². The van der Waals surface area contributed by atoms with Crippen LogP contribution in [0.5, 0.6) is 0 Å². The quantitative estimate of drug-likeness (QED) is 0.609. The van der Waals surface area contributed by atoms with Gasteiger partial charge in [-0.1, -0.05) is 12.8 Å². The molecule has 0 spiro atoms. The van der Waals surface area contributed by atoms with Crippen molar-refractivity contribution < 1.29 is 42.6 Å². The first-order chi connectivity index (χ1) is 12.1. The third-order valence-corrected chi connectivity index (χ3v) is 5.47. The molecule has 0 aromatic carbocycles.